The number of imidazole rings is 1. The van der Waals surface area contributed by atoms with Gasteiger partial charge in [0, 0.05) is 12.7 Å². The highest BCUT2D eigenvalue weighted by atomic mass is 19.4. The minimum absolute atomic E-state index is 0.120. The number of nitrogens with one attached hydrogen (secondary N) is 2. The number of carbonyl (C=O) groups is 2. The summed E-state index contributed by atoms with van der Waals surface area (Å²) in [7, 11) is 1.36. The number of methoxy groups -OCH3 is 1. The molecule has 2 N–H and O–H groups in total. The SMILES string of the molecule is COC[C@H](c1cnn2cc(C(CCC(C)(C)C(F)(F)F)NC(=O)c3nonc3C)nc2c1)N1CC(F)(F)CNC1=O. The molecule has 0 radical (unpaired) electrons. The number of alkyl halides is 5. The van der Waals surface area contributed by atoms with Crippen LogP contribution in [-0.4, -0.2) is 80.7 Å². The zero-order valence-corrected chi connectivity index (χ0v) is 22.6. The smallest absolute Gasteiger partial charge is 0.382 e. The molecule has 1 saturated heterocycles. The maximum Gasteiger partial charge on any atom is 0.393 e. The van der Waals surface area contributed by atoms with Gasteiger partial charge in [-0.1, -0.05) is 19.0 Å². The Bertz CT molecular complexity index is 1410. The van der Waals surface area contributed by atoms with Crippen LogP contribution in [0, 0.1) is 12.3 Å². The number of aromatic nitrogens is 5. The van der Waals surface area contributed by atoms with Crippen molar-refractivity contribution in [2.24, 2.45) is 5.41 Å². The first-order valence-corrected chi connectivity index (χ1v) is 12.5. The molecule has 1 aliphatic heterocycles. The van der Waals surface area contributed by atoms with Crippen LogP contribution in [0.5, 0.6) is 0 Å². The number of ether oxygens (including phenoxy) is 1. The number of carbonyl (C=O) groups excluding carboxylic acids is 2. The van der Waals surface area contributed by atoms with Gasteiger partial charge in [-0.05, 0) is 31.0 Å². The normalized spacial score (nSPS) is 17.4. The number of aryl methyl sites for hydroxylation is 1. The van der Waals surface area contributed by atoms with Gasteiger partial charge in [-0.25, -0.2) is 27.7 Å². The first kappa shape index (κ1) is 30.1. The Hall–Kier alpha value is -3.89. The average molecular weight is 589 g/mol. The number of nitrogens with zero attached hydrogens (tertiary/aromatic N) is 6. The molecule has 0 aliphatic carbocycles. The summed E-state index contributed by atoms with van der Waals surface area (Å²) in [6.07, 6.45) is -2.19. The second kappa shape index (κ2) is 11.2. The lowest BCUT2D eigenvalue weighted by molar-refractivity contribution is -0.214. The molecule has 0 bridgehead atoms. The largest absolute Gasteiger partial charge is 0.393 e. The summed E-state index contributed by atoms with van der Waals surface area (Å²) in [4.78, 5) is 30.7. The zero-order chi connectivity index (χ0) is 30.2. The number of rotatable bonds is 10. The molecule has 1 unspecified atom stereocenters. The van der Waals surface area contributed by atoms with Gasteiger partial charge < -0.3 is 20.3 Å². The van der Waals surface area contributed by atoms with Crippen LogP contribution in [0.15, 0.2) is 23.1 Å². The summed E-state index contributed by atoms with van der Waals surface area (Å²) in [6.45, 7) is 1.86. The maximum absolute atomic E-state index is 14.1. The molecule has 1 aliphatic rings. The fourth-order valence-electron chi connectivity index (χ4n) is 4.32. The topological polar surface area (TPSA) is 140 Å². The number of urea groups is 1. The number of halogens is 5. The molecule has 4 heterocycles. The van der Waals surface area contributed by atoms with E-state index in [1.54, 1.807) is 0 Å². The highest BCUT2D eigenvalue weighted by molar-refractivity contribution is 5.93. The lowest BCUT2D eigenvalue weighted by Gasteiger charge is -2.38. The van der Waals surface area contributed by atoms with E-state index in [0.717, 1.165) is 18.7 Å². The number of hydrogen-bond acceptors (Lipinski definition) is 8. The van der Waals surface area contributed by atoms with Crippen molar-refractivity contribution in [3.05, 3.63) is 41.1 Å². The molecule has 0 aromatic carbocycles. The van der Waals surface area contributed by atoms with Gasteiger partial charge in [-0.15, -0.1) is 0 Å². The lowest BCUT2D eigenvalue weighted by atomic mass is 9.85. The van der Waals surface area contributed by atoms with Crippen LogP contribution in [0.25, 0.3) is 5.65 Å². The van der Waals surface area contributed by atoms with Gasteiger partial charge in [0.2, 0.25) is 0 Å². The third-order valence-electron chi connectivity index (χ3n) is 6.96. The van der Waals surface area contributed by atoms with E-state index in [-0.39, 0.29) is 42.2 Å². The molecule has 0 spiro atoms. The average Bonchev–Trinajstić information content (AvgIpc) is 3.51. The molecule has 3 aromatic rings. The van der Waals surface area contributed by atoms with E-state index in [1.807, 2.05) is 0 Å². The fraction of sp³-hybridized carbons (Fsp3) is 0.583. The van der Waals surface area contributed by atoms with Gasteiger partial charge >= 0.3 is 12.2 Å². The summed E-state index contributed by atoms with van der Waals surface area (Å²) in [5, 5.41) is 16.2. The molecule has 0 saturated carbocycles. The van der Waals surface area contributed by atoms with Gasteiger partial charge in [0.25, 0.3) is 11.8 Å². The Morgan fingerprint density at radius 2 is 2.02 bits per heavy atom. The number of hydrogen-bond donors (Lipinski definition) is 2. The van der Waals surface area contributed by atoms with Gasteiger partial charge in [0.05, 0.1) is 55.3 Å². The second-order valence-electron chi connectivity index (χ2n) is 10.5. The number of fused-ring (bicyclic) bond motifs is 1. The van der Waals surface area contributed by atoms with Crippen molar-refractivity contribution in [2.75, 3.05) is 26.8 Å². The predicted octanol–water partition coefficient (Wildman–Crippen LogP) is 3.61. The predicted molar refractivity (Wildman–Crippen MR) is 131 cm³/mol. The summed E-state index contributed by atoms with van der Waals surface area (Å²) < 4.78 is 80.0. The summed E-state index contributed by atoms with van der Waals surface area (Å²) in [5.41, 5.74) is -1.26. The van der Waals surface area contributed by atoms with Crippen LogP contribution in [0.1, 0.15) is 66.2 Å². The van der Waals surface area contributed by atoms with Crippen molar-refractivity contribution in [1.82, 2.24) is 40.4 Å². The van der Waals surface area contributed by atoms with Gasteiger partial charge in [-0.3, -0.25) is 4.79 Å². The lowest BCUT2D eigenvalue weighted by Crippen LogP contribution is -2.58. The van der Waals surface area contributed by atoms with Crippen LogP contribution in [0.4, 0.5) is 26.7 Å². The zero-order valence-electron chi connectivity index (χ0n) is 22.6. The second-order valence-corrected chi connectivity index (χ2v) is 10.5. The van der Waals surface area contributed by atoms with Crippen molar-refractivity contribution in [1.29, 1.82) is 0 Å². The fourth-order valence-corrected chi connectivity index (χ4v) is 4.32. The summed E-state index contributed by atoms with van der Waals surface area (Å²) >= 11 is 0. The Morgan fingerprint density at radius 1 is 1.29 bits per heavy atom. The van der Waals surface area contributed by atoms with Gasteiger partial charge in [0.15, 0.2) is 11.3 Å². The van der Waals surface area contributed by atoms with Crippen molar-refractivity contribution in [3.63, 3.8) is 0 Å². The molecule has 1 fully saturated rings. The van der Waals surface area contributed by atoms with Crippen molar-refractivity contribution >= 4 is 17.6 Å². The molecular weight excluding hydrogens is 559 g/mol. The molecule has 3 aromatic heterocycles. The maximum atomic E-state index is 14.1. The third-order valence-corrected chi connectivity index (χ3v) is 6.96. The van der Waals surface area contributed by atoms with E-state index >= 15 is 0 Å². The minimum Gasteiger partial charge on any atom is -0.382 e. The van der Waals surface area contributed by atoms with Crippen LogP contribution < -0.4 is 10.6 Å². The Labute approximate surface area is 230 Å². The molecule has 41 heavy (non-hydrogen) atoms. The highest BCUT2D eigenvalue weighted by Crippen LogP contribution is 2.42. The Kier molecular flexibility index (Phi) is 8.20. The van der Waals surface area contributed by atoms with E-state index in [2.05, 4.69) is 35.7 Å². The van der Waals surface area contributed by atoms with E-state index in [4.69, 9.17) is 4.74 Å². The van der Waals surface area contributed by atoms with E-state index in [9.17, 15) is 31.5 Å². The Balaban J connectivity index is 1.66. The monoisotopic (exact) mass is 588 g/mol. The molecular formula is C24H29F5N8O4. The molecule has 3 amide bonds. The van der Waals surface area contributed by atoms with Crippen molar-refractivity contribution in [3.8, 4) is 0 Å². The standard InChI is InChI=1S/C24H29F5N8O4/c1-13-19(35-41-34-13)20(38)33-15(5-6-22(2,3)24(27,28)29)16-9-37-18(32-16)7-14(8-31-37)17(10-40-4)36-12-23(25,26)11-30-21(36)39/h7-9,15,17H,5-6,10-12H2,1-4H3,(H,30,39)(H,33,38)/t15?,17-/m1/s1. The third kappa shape index (κ3) is 6.55. The van der Waals surface area contributed by atoms with Crippen molar-refractivity contribution in [2.45, 2.75) is 57.8 Å². The molecule has 4 rings (SSSR count). The van der Waals surface area contributed by atoms with Crippen LogP contribution >= 0.6 is 0 Å². The van der Waals surface area contributed by atoms with E-state index < -0.39 is 54.6 Å². The molecule has 224 valence electrons. The van der Waals surface area contributed by atoms with E-state index in [1.165, 1.54) is 37.0 Å². The van der Waals surface area contributed by atoms with E-state index in [0.29, 0.717) is 5.56 Å². The molecule has 12 nitrogen and oxygen atoms in total. The minimum atomic E-state index is -4.49. The highest BCUT2D eigenvalue weighted by Gasteiger charge is 2.47. The quantitative estimate of drug-likeness (QED) is 0.343. The summed E-state index contributed by atoms with van der Waals surface area (Å²) in [5.74, 6) is -3.88. The molecule has 2 atom stereocenters. The van der Waals surface area contributed by atoms with Crippen LogP contribution in [-0.2, 0) is 4.74 Å². The van der Waals surface area contributed by atoms with Crippen LogP contribution in [0.2, 0.25) is 0 Å². The van der Waals surface area contributed by atoms with Gasteiger partial charge in [0.1, 0.15) is 5.69 Å². The van der Waals surface area contributed by atoms with Gasteiger partial charge in [-0.2, -0.15) is 18.3 Å². The molecule has 17 heteroatoms. The first-order chi connectivity index (χ1) is 19.1. The number of amides is 3. The van der Waals surface area contributed by atoms with Crippen molar-refractivity contribution < 1.29 is 40.9 Å². The van der Waals surface area contributed by atoms with Crippen LogP contribution in [0.3, 0.4) is 0 Å². The summed E-state index contributed by atoms with van der Waals surface area (Å²) in [6, 6.07) is -1.12. The Morgan fingerprint density at radius 3 is 2.66 bits per heavy atom. The first-order valence-electron chi connectivity index (χ1n) is 12.5.